The van der Waals surface area contributed by atoms with Gasteiger partial charge < -0.3 is 4.57 Å². The molecule has 0 aliphatic heterocycles. The molecule has 2 aromatic carbocycles. The Morgan fingerprint density at radius 2 is 1.82 bits per heavy atom. The summed E-state index contributed by atoms with van der Waals surface area (Å²) >= 11 is 4.02. The number of hydrogen-bond donors (Lipinski definition) is 1. The van der Waals surface area contributed by atoms with Gasteiger partial charge in [0.05, 0.1) is 6.33 Å². The van der Waals surface area contributed by atoms with Crippen LogP contribution in [0.3, 0.4) is 0 Å². The zero-order valence-electron chi connectivity index (χ0n) is 12.0. The fourth-order valence-corrected chi connectivity index (χ4v) is 2.87. The topological polar surface area (TPSA) is 34.9 Å². The highest BCUT2D eigenvalue weighted by molar-refractivity contribution is 7.97. The van der Waals surface area contributed by atoms with Gasteiger partial charge in [0.15, 0.2) is 0 Å². The van der Waals surface area contributed by atoms with Crippen molar-refractivity contribution in [2.75, 3.05) is 0 Å². The third kappa shape index (κ3) is 3.12. The molecule has 4 heteroatoms. The molecule has 1 heterocycles. The number of thiol groups is 1. The second kappa shape index (κ2) is 6.62. The van der Waals surface area contributed by atoms with Crippen molar-refractivity contribution < 1.29 is 4.79 Å². The fourth-order valence-electron chi connectivity index (χ4n) is 2.67. The molecule has 0 bridgehead atoms. The Morgan fingerprint density at radius 3 is 2.50 bits per heavy atom. The molecule has 0 saturated carbocycles. The summed E-state index contributed by atoms with van der Waals surface area (Å²) in [6.07, 6.45) is 5.49. The summed E-state index contributed by atoms with van der Waals surface area (Å²) in [5.41, 5.74) is 2.81. The smallest absolute Gasteiger partial charge is 0.216 e. The van der Waals surface area contributed by atoms with Gasteiger partial charge >= 0.3 is 0 Å². The maximum Gasteiger partial charge on any atom is 0.216 e. The van der Waals surface area contributed by atoms with Crippen molar-refractivity contribution in [1.82, 2.24) is 9.55 Å². The van der Waals surface area contributed by atoms with E-state index >= 15 is 0 Å². The lowest BCUT2D eigenvalue weighted by atomic mass is 9.88. The second-order valence-electron chi connectivity index (χ2n) is 5.12. The van der Waals surface area contributed by atoms with Gasteiger partial charge in [0.25, 0.3) is 0 Å². The summed E-state index contributed by atoms with van der Waals surface area (Å²) < 4.78 is 2.03. The fraction of sp³-hybridized carbons (Fsp3) is 0.111. The SMILES string of the molecule is O=C(S)c1ccccc1C(Cn1ccnc1)c1ccccc1. The van der Waals surface area contributed by atoms with Crippen molar-refractivity contribution in [2.24, 2.45) is 0 Å². The van der Waals surface area contributed by atoms with E-state index in [0.717, 1.165) is 12.1 Å². The molecule has 110 valence electrons. The van der Waals surface area contributed by atoms with Crippen LogP contribution in [0, 0.1) is 0 Å². The van der Waals surface area contributed by atoms with Crippen LogP contribution in [-0.2, 0) is 6.54 Å². The van der Waals surface area contributed by atoms with Crippen LogP contribution in [0.2, 0.25) is 0 Å². The van der Waals surface area contributed by atoms with Gasteiger partial charge in [-0.1, -0.05) is 54.6 Å². The highest BCUT2D eigenvalue weighted by Gasteiger charge is 2.19. The first-order chi connectivity index (χ1) is 10.8. The average Bonchev–Trinajstić information content (AvgIpc) is 3.06. The van der Waals surface area contributed by atoms with Crippen LogP contribution in [0.5, 0.6) is 0 Å². The van der Waals surface area contributed by atoms with Gasteiger partial charge in [-0.2, -0.15) is 0 Å². The van der Waals surface area contributed by atoms with E-state index in [1.165, 1.54) is 5.56 Å². The van der Waals surface area contributed by atoms with E-state index in [2.05, 4.69) is 29.7 Å². The van der Waals surface area contributed by atoms with Crippen LogP contribution >= 0.6 is 12.6 Å². The predicted octanol–water partition coefficient (Wildman–Crippen LogP) is 3.79. The number of benzene rings is 2. The minimum atomic E-state index is -0.206. The second-order valence-corrected chi connectivity index (χ2v) is 5.52. The average molecular weight is 308 g/mol. The van der Waals surface area contributed by atoms with Crippen molar-refractivity contribution >= 4 is 17.7 Å². The van der Waals surface area contributed by atoms with E-state index in [-0.39, 0.29) is 11.0 Å². The van der Waals surface area contributed by atoms with E-state index in [4.69, 9.17) is 0 Å². The lowest BCUT2D eigenvalue weighted by molar-refractivity contribution is 0.109. The summed E-state index contributed by atoms with van der Waals surface area (Å²) in [7, 11) is 0. The lowest BCUT2D eigenvalue weighted by Gasteiger charge is -2.20. The molecular formula is C18H16N2OS. The molecular weight excluding hydrogens is 292 g/mol. The molecule has 3 aromatic rings. The summed E-state index contributed by atoms with van der Waals surface area (Å²) in [6, 6.07) is 17.8. The Hall–Kier alpha value is -2.33. The third-order valence-electron chi connectivity index (χ3n) is 3.72. The first kappa shape index (κ1) is 14.6. The zero-order chi connectivity index (χ0) is 15.4. The first-order valence-electron chi connectivity index (χ1n) is 7.08. The number of aromatic nitrogens is 2. The predicted molar refractivity (Wildman–Crippen MR) is 90.3 cm³/mol. The summed E-state index contributed by atoms with van der Waals surface area (Å²) in [6.45, 7) is 0.724. The molecule has 1 atom stereocenters. The third-order valence-corrected chi connectivity index (χ3v) is 3.96. The molecule has 0 saturated heterocycles. The maximum atomic E-state index is 11.8. The Bertz CT molecular complexity index is 754. The number of hydrogen-bond acceptors (Lipinski definition) is 2. The zero-order valence-corrected chi connectivity index (χ0v) is 12.9. The summed E-state index contributed by atoms with van der Waals surface area (Å²) in [5, 5.41) is -0.206. The number of imidazole rings is 1. The van der Waals surface area contributed by atoms with Gasteiger partial charge in [-0.05, 0) is 11.1 Å². The van der Waals surface area contributed by atoms with Crippen LogP contribution in [0.25, 0.3) is 0 Å². The van der Waals surface area contributed by atoms with Gasteiger partial charge in [0, 0.05) is 30.4 Å². The van der Waals surface area contributed by atoms with Crippen molar-refractivity contribution in [2.45, 2.75) is 12.5 Å². The number of rotatable bonds is 5. The number of carbonyl (C=O) groups is 1. The first-order valence-corrected chi connectivity index (χ1v) is 7.53. The molecule has 0 amide bonds. The minimum Gasteiger partial charge on any atom is -0.337 e. The van der Waals surface area contributed by atoms with Crippen molar-refractivity contribution in [1.29, 1.82) is 0 Å². The van der Waals surface area contributed by atoms with E-state index in [9.17, 15) is 4.79 Å². The number of carbonyl (C=O) groups excluding carboxylic acids is 1. The van der Waals surface area contributed by atoms with Gasteiger partial charge in [-0.15, -0.1) is 12.6 Å². The van der Waals surface area contributed by atoms with Crippen LogP contribution in [0.4, 0.5) is 0 Å². The molecule has 1 unspecified atom stereocenters. The molecule has 22 heavy (non-hydrogen) atoms. The Kier molecular flexibility index (Phi) is 4.39. The van der Waals surface area contributed by atoms with Crippen molar-refractivity contribution in [3.63, 3.8) is 0 Å². The summed E-state index contributed by atoms with van der Waals surface area (Å²) in [5.74, 6) is 0.0719. The van der Waals surface area contributed by atoms with Gasteiger partial charge in [-0.25, -0.2) is 4.98 Å². The standard InChI is InChI=1S/C18H16N2OS/c21-18(22)16-9-5-4-8-15(16)17(12-20-11-10-19-13-20)14-6-2-1-3-7-14/h1-11,13,17H,12H2,(H,21,22). The van der Waals surface area contributed by atoms with E-state index in [1.54, 1.807) is 12.5 Å². The lowest BCUT2D eigenvalue weighted by Crippen LogP contribution is -2.12. The highest BCUT2D eigenvalue weighted by Crippen LogP contribution is 2.29. The van der Waals surface area contributed by atoms with Gasteiger partial charge in [-0.3, -0.25) is 4.79 Å². The normalized spacial score (nSPS) is 12.0. The van der Waals surface area contributed by atoms with Crippen LogP contribution in [-0.4, -0.2) is 14.7 Å². The Balaban J connectivity index is 2.08. The van der Waals surface area contributed by atoms with Crippen molar-refractivity contribution in [3.05, 3.63) is 90.0 Å². The van der Waals surface area contributed by atoms with Crippen molar-refractivity contribution in [3.8, 4) is 0 Å². The monoisotopic (exact) mass is 308 g/mol. The van der Waals surface area contributed by atoms with E-state index < -0.39 is 0 Å². The quantitative estimate of drug-likeness (QED) is 0.728. The van der Waals surface area contributed by atoms with Crippen LogP contribution in [0.15, 0.2) is 73.3 Å². The Morgan fingerprint density at radius 1 is 1.09 bits per heavy atom. The van der Waals surface area contributed by atoms with E-state index in [1.807, 2.05) is 53.2 Å². The summed E-state index contributed by atoms with van der Waals surface area (Å²) in [4.78, 5) is 16.0. The minimum absolute atomic E-state index is 0.0719. The molecule has 0 radical (unpaired) electrons. The largest absolute Gasteiger partial charge is 0.337 e. The van der Waals surface area contributed by atoms with Gasteiger partial charge in [0.2, 0.25) is 5.12 Å². The van der Waals surface area contributed by atoms with Gasteiger partial charge in [0.1, 0.15) is 0 Å². The van der Waals surface area contributed by atoms with Crippen LogP contribution in [0.1, 0.15) is 27.4 Å². The molecule has 0 aliphatic rings. The highest BCUT2D eigenvalue weighted by atomic mass is 32.1. The molecule has 0 spiro atoms. The molecule has 3 nitrogen and oxygen atoms in total. The molecule has 3 rings (SSSR count). The van der Waals surface area contributed by atoms with Crippen LogP contribution < -0.4 is 0 Å². The molecule has 1 aromatic heterocycles. The van der Waals surface area contributed by atoms with E-state index in [0.29, 0.717) is 5.56 Å². The number of nitrogens with zero attached hydrogens (tertiary/aromatic N) is 2. The molecule has 0 aliphatic carbocycles. The maximum absolute atomic E-state index is 11.8. The molecule has 0 fully saturated rings. The molecule has 0 N–H and O–H groups in total. The Labute approximate surface area is 135 Å².